The Kier molecular flexibility index (Phi) is 5.56. The van der Waals surface area contributed by atoms with Gasteiger partial charge in [-0.25, -0.2) is 18.4 Å². The van der Waals surface area contributed by atoms with Crippen LogP contribution in [0.3, 0.4) is 0 Å². The van der Waals surface area contributed by atoms with Crippen LogP contribution in [0, 0.1) is 0 Å². The molecule has 4 rings (SSSR count). The minimum absolute atomic E-state index is 0.189. The van der Waals surface area contributed by atoms with Gasteiger partial charge in [-0.3, -0.25) is 4.31 Å². The highest BCUT2D eigenvalue weighted by Crippen LogP contribution is 2.31. The zero-order chi connectivity index (χ0) is 21.1. The lowest BCUT2D eigenvalue weighted by Gasteiger charge is -2.20. The second-order valence-corrected chi connectivity index (χ2v) is 9.15. The molecule has 0 aliphatic carbocycles. The number of thiophene rings is 1. The Morgan fingerprint density at radius 1 is 0.967 bits per heavy atom. The molecule has 2 aromatic carbocycles. The molecule has 0 N–H and O–H groups in total. The molecule has 0 aliphatic rings. The SMILES string of the molecule is CCOc1ccc(S(=O)(=O)N(C)c2ccc(Oc3ncnc4sccc34)cc2)cc1. The number of hydrogen-bond donors (Lipinski definition) is 0. The van der Waals surface area contributed by atoms with Gasteiger partial charge in [0.15, 0.2) is 0 Å². The second kappa shape index (κ2) is 8.29. The summed E-state index contributed by atoms with van der Waals surface area (Å²) in [6.07, 6.45) is 1.46. The predicted molar refractivity (Wildman–Crippen MR) is 117 cm³/mol. The zero-order valence-corrected chi connectivity index (χ0v) is 18.0. The summed E-state index contributed by atoms with van der Waals surface area (Å²) < 4.78 is 38.3. The molecule has 0 unspecified atom stereocenters. The van der Waals surface area contributed by atoms with Crippen LogP contribution in [0.2, 0.25) is 0 Å². The van der Waals surface area contributed by atoms with Gasteiger partial charge >= 0.3 is 0 Å². The van der Waals surface area contributed by atoms with E-state index in [2.05, 4.69) is 9.97 Å². The molecule has 2 aromatic heterocycles. The average Bonchev–Trinajstić information content (AvgIpc) is 3.24. The molecule has 0 spiro atoms. The van der Waals surface area contributed by atoms with E-state index in [9.17, 15) is 8.42 Å². The maximum absolute atomic E-state index is 12.9. The first-order valence-electron chi connectivity index (χ1n) is 9.17. The molecule has 0 saturated heterocycles. The predicted octanol–water partition coefficient (Wildman–Crippen LogP) is 4.71. The van der Waals surface area contributed by atoms with Gasteiger partial charge in [0.05, 0.1) is 22.6 Å². The second-order valence-electron chi connectivity index (χ2n) is 6.29. The van der Waals surface area contributed by atoms with Crippen LogP contribution in [0.15, 0.2) is 71.2 Å². The third-order valence-corrected chi connectivity index (χ3v) is 7.05. The van der Waals surface area contributed by atoms with E-state index in [4.69, 9.17) is 9.47 Å². The molecule has 9 heteroatoms. The highest BCUT2D eigenvalue weighted by atomic mass is 32.2. The topological polar surface area (TPSA) is 81.6 Å². The lowest BCUT2D eigenvalue weighted by Crippen LogP contribution is -2.26. The Morgan fingerprint density at radius 3 is 2.37 bits per heavy atom. The summed E-state index contributed by atoms with van der Waals surface area (Å²) in [5, 5.41) is 2.76. The summed E-state index contributed by atoms with van der Waals surface area (Å²) in [4.78, 5) is 9.42. The lowest BCUT2D eigenvalue weighted by atomic mass is 10.3. The van der Waals surface area contributed by atoms with Crippen molar-refractivity contribution in [3.05, 3.63) is 66.3 Å². The molecular formula is C21H19N3O4S2. The number of benzene rings is 2. The van der Waals surface area contributed by atoms with Gasteiger partial charge in [0.1, 0.15) is 22.7 Å². The lowest BCUT2D eigenvalue weighted by molar-refractivity contribution is 0.340. The molecule has 0 bridgehead atoms. The Hall–Kier alpha value is -3.17. The Morgan fingerprint density at radius 2 is 1.67 bits per heavy atom. The standard InChI is InChI=1S/C21H19N3O4S2/c1-3-27-16-8-10-18(11-9-16)30(25,26)24(2)15-4-6-17(7-5-15)28-20-19-12-13-29-21(19)23-14-22-20/h4-14H,3H2,1-2H3. The van der Waals surface area contributed by atoms with E-state index in [0.717, 1.165) is 10.2 Å². The number of nitrogens with zero attached hydrogens (tertiary/aromatic N) is 3. The Bertz CT molecular complexity index is 1250. The first-order chi connectivity index (χ1) is 14.5. The third kappa shape index (κ3) is 3.94. The summed E-state index contributed by atoms with van der Waals surface area (Å²) in [5.41, 5.74) is 0.514. The average molecular weight is 442 g/mol. The van der Waals surface area contributed by atoms with Crippen LogP contribution in [0.25, 0.3) is 10.2 Å². The van der Waals surface area contributed by atoms with E-state index in [1.807, 2.05) is 18.4 Å². The molecule has 0 radical (unpaired) electrons. The van der Waals surface area contributed by atoms with Crippen molar-refractivity contribution in [1.82, 2.24) is 9.97 Å². The van der Waals surface area contributed by atoms with Crippen molar-refractivity contribution in [2.24, 2.45) is 0 Å². The van der Waals surface area contributed by atoms with Crippen LogP contribution >= 0.6 is 11.3 Å². The molecule has 30 heavy (non-hydrogen) atoms. The number of anilines is 1. The molecule has 7 nitrogen and oxygen atoms in total. The van der Waals surface area contributed by atoms with Gasteiger partial charge in [-0.1, -0.05) is 0 Å². The first-order valence-corrected chi connectivity index (χ1v) is 11.5. The number of rotatable bonds is 7. The molecule has 0 fully saturated rings. The van der Waals surface area contributed by atoms with Crippen molar-refractivity contribution in [2.75, 3.05) is 18.0 Å². The van der Waals surface area contributed by atoms with Crippen LogP contribution < -0.4 is 13.8 Å². The van der Waals surface area contributed by atoms with Crippen molar-refractivity contribution in [2.45, 2.75) is 11.8 Å². The fourth-order valence-electron chi connectivity index (χ4n) is 2.86. The Balaban J connectivity index is 1.53. The molecule has 0 amide bonds. The molecule has 154 valence electrons. The van der Waals surface area contributed by atoms with E-state index in [0.29, 0.717) is 29.7 Å². The molecule has 0 aliphatic heterocycles. The van der Waals surface area contributed by atoms with Gasteiger partial charge < -0.3 is 9.47 Å². The van der Waals surface area contributed by atoms with Gasteiger partial charge in [-0.15, -0.1) is 11.3 Å². The highest BCUT2D eigenvalue weighted by molar-refractivity contribution is 7.92. The maximum atomic E-state index is 12.9. The summed E-state index contributed by atoms with van der Waals surface area (Å²) in [6, 6.07) is 15.1. The van der Waals surface area contributed by atoms with Crippen molar-refractivity contribution in [3.63, 3.8) is 0 Å². The quantitative estimate of drug-likeness (QED) is 0.413. The number of sulfonamides is 1. The summed E-state index contributed by atoms with van der Waals surface area (Å²) in [6.45, 7) is 2.40. The van der Waals surface area contributed by atoms with Crippen LogP contribution in [0.1, 0.15) is 6.92 Å². The van der Waals surface area contributed by atoms with Crippen LogP contribution in [0.5, 0.6) is 17.4 Å². The number of hydrogen-bond acceptors (Lipinski definition) is 7. The minimum Gasteiger partial charge on any atom is -0.494 e. The summed E-state index contributed by atoms with van der Waals surface area (Å²) in [5.74, 6) is 1.64. The molecule has 0 atom stereocenters. The zero-order valence-electron chi connectivity index (χ0n) is 16.3. The van der Waals surface area contributed by atoms with Crippen LogP contribution in [-0.4, -0.2) is 32.0 Å². The van der Waals surface area contributed by atoms with E-state index < -0.39 is 10.0 Å². The third-order valence-electron chi connectivity index (χ3n) is 4.43. The van der Waals surface area contributed by atoms with Crippen molar-refractivity contribution in [3.8, 4) is 17.4 Å². The van der Waals surface area contributed by atoms with Crippen molar-refractivity contribution in [1.29, 1.82) is 0 Å². The van der Waals surface area contributed by atoms with Crippen LogP contribution in [-0.2, 0) is 10.0 Å². The number of aromatic nitrogens is 2. The molecule has 4 aromatic rings. The van der Waals surface area contributed by atoms with Crippen molar-refractivity contribution < 1.29 is 17.9 Å². The van der Waals surface area contributed by atoms with Gasteiger partial charge in [0.25, 0.3) is 10.0 Å². The summed E-state index contributed by atoms with van der Waals surface area (Å²) >= 11 is 1.51. The Labute approximate surface area is 178 Å². The maximum Gasteiger partial charge on any atom is 0.264 e. The van der Waals surface area contributed by atoms with Crippen molar-refractivity contribution >= 4 is 37.3 Å². The molecule has 0 saturated carbocycles. The largest absolute Gasteiger partial charge is 0.494 e. The van der Waals surface area contributed by atoms with Gasteiger partial charge in [-0.05, 0) is 66.9 Å². The molecular weight excluding hydrogens is 422 g/mol. The monoisotopic (exact) mass is 441 g/mol. The highest BCUT2D eigenvalue weighted by Gasteiger charge is 2.21. The minimum atomic E-state index is -3.70. The van der Waals surface area contributed by atoms with E-state index in [1.54, 1.807) is 36.4 Å². The molecule has 2 heterocycles. The van der Waals surface area contributed by atoms with Gasteiger partial charge in [0.2, 0.25) is 5.88 Å². The fourth-order valence-corrected chi connectivity index (χ4v) is 4.77. The normalized spacial score (nSPS) is 11.4. The van der Waals surface area contributed by atoms with Crippen LogP contribution in [0.4, 0.5) is 5.69 Å². The summed E-state index contributed by atoms with van der Waals surface area (Å²) in [7, 11) is -2.18. The van der Waals surface area contributed by atoms with E-state index in [1.165, 1.54) is 41.1 Å². The fraction of sp³-hybridized carbons (Fsp3) is 0.143. The van der Waals surface area contributed by atoms with Gasteiger partial charge in [0, 0.05) is 7.05 Å². The van der Waals surface area contributed by atoms with E-state index >= 15 is 0 Å². The first kappa shape index (κ1) is 20.1. The smallest absolute Gasteiger partial charge is 0.264 e. The van der Waals surface area contributed by atoms with E-state index in [-0.39, 0.29) is 4.90 Å². The van der Waals surface area contributed by atoms with Gasteiger partial charge in [-0.2, -0.15) is 0 Å². The number of fused-ring (bicyclic) bond motifs is 1. The number of ether oxygens (including phenoxy) is 2.